The van der Waals surface area contributed by atoms with Crippen LogP contribution in [0.4, 0.5) is 5.69 Å². The molecule has 30 heavy (non-hydrogen) atoms. The van der Waals surface area contributed by atoms with Gasteiger partial charge in [0.2, 0.25) is 0 Å². The second-order valence-corrected chi connectivity index (χ2v) is 7.06. The number of fused-ring (bicyclic) bond motifs is 1. The summed E-state index contributed by atoms with van der Waals surface area (Å²) < 4.78 is 6.91. The highest BCUT2D eigenvalue weighted by Gasteiger charge is 2.20. The van der Waals surface area contributed by atoms with Gasteiger partial charge in [0.1, 0.15) is 5.75 Å². The fraction of sp³-hybridized carbons (Fsp3) is 0.217. The average Bonchev–Trinajstić information content (AvgIpc) is 3.11. The average molecular weight is 401 g/mol. The molecule has 1 amide bonds. The number of nitrogens with zero attached hydrogens (tertiary/aromatic N) is 4. The summed E-state index contributed by atoms with van der Waals surface area (Å²) in [4.78, 5) is 12.8. The highest BCUT2D eigenvalue weighted by Crippen LogP contribution is 2.29. The van der Waals surface area contributed by atoms with Crippen LogP contribution in [0.3, 0.4) is 0 Å². The van der Waals surface area contributed by atoms with Crippen molar-refractivity contribution in [1.29, 1.82) is 0 Å². The SMILES string of the molecule is CCc1ccc(NC(=O)c2nnc3c(-c4ccc(OC)cc4)c(C)nn3c2C)cc1. The highest BCUT2D eigenvalue weighted by atomic mass is 16.5. The zero-order chi connectivity index (χ0) is 21.3. The molecule has 0 fully saturated rings. The first-order chi connectivity index (χ1) is 14.5. The maximum atomic E-state index is 12.8. The predicted octanol–water partition coefficient (Wildman–Crippen LogP) is 4.23. The molecule has 0 aliphatic rings. The van der Waals surface area contributed by atoms with Gasteiger partial charge in [0, 0.05) is 5.69 Å². The lowest BCUT2D eigenvalue weighted by atomic mass is 10.1. The van der Waals surface area contributed by atoms with Crippen LogP contribution in [-0.4, -0.2) is 32.8 Å². The van der Waals surface area contributed by atoms with E-state index in [-0.39, 0.29) is 11.6 Å². The number of hydrogen-bond donors (Lipinski definition) is 1. The standard InChI is InChI=1S/C23H23N5O2/c1-5-16-6-10-18(11-7-16)24-23(29)21-15(3)28-22(26-25-21)20(14(2)27-28)17-8-12-19(30-4)13-9-17/h6-13H,5H2,1-4H3,(H,24,29). The Kier molecular flexibility index (Phi) is 5.18. The molecule has 0 spiro atoms. The molecular weight excluding hydrogens is 378 g/mol. The van der Waals surface area contributed by atoms with Crippen molar-refractivity contribution in [2.24, 2.45) is 0 Å². The zero-order valence-corrected chi connectivity index (χ0v) is 17.4. The maximum Gasteiger partial charge on any atom is 0.278 e. The van der Waals surface area contributed by atoms with Crippen molar-refractivity contribution < 1.29 is 9.53 Å². The summed E-state index contributed by atoms with van der Waals surface area (Å²) in [6.45, 7) is 5.83. The molecule has 0 unspecified atom stereocenters. The molecule has 2 aromatic heterocycles. The smallest absolute Gasteiger partial charge is 0.278 e. The first-order valence-corrected chi connectivity index (χ1v) is 9.79. The van der Waals surface area contributed by atoms with Crippen molar-refractivity contribution in [1.82, 2.24) is 19.8 Å². The maximum absolute atomic E-state index is 12.8. The molecule has 2 aromatic carbocycles. The van der Waals surface area contributed by atoms with Crippen LogP contribution in [-0.2, 0) is 6.42 Å². The third-order valence-corrected chi connectivity index (χ3v) is 5.15. The van der Waals surface area contributed by atoms with E-state index in [1.165, 1.54) is 5.56 Å². The molecule has 0 saturated carbocycles. The molecular formula is C23H23N5O2. The Hall–Kier alpha value is -3.74. The number of hydrogen-bond acceptors (Lipinski definition) is 5. The van der Waals surface area contributed by atoms with E-state index in [9.17, 15) is 4.79 Å². The Balaban J connectivity index is 1.69. The number of rotatable bonds is 5. The molecule has 7 nitrogen and oxygen atoms in total. The van der Waals surface area contributed by atoms with Gasteiger partial charge in [-0.15, -0.1) is 10.2 Å². The van der Waals surface area contributed by atoms with Gasteiger partial charge in [-0.3, -0.25) is 4.79 Å². The number of nitrogens with one attached hydrogen (secondary N) is 1. The molecule has 0 bridgehead atoms. The summed E-state index contributed by atoms with van der Waals surface area (Å²) in [6.07, 6.45) is 0.949. The third-order valence-electron chi connectivity index (χ3n) is 5.15. The summed E-state index contributed by atoms with van der Waals surface area (Å²) in [6, 6.07) is 15.5. The van der Waals surface area contributed by atoms with Gasteiger partial charge in [0.25, 0.3) is 5.91 Å². The monoisotopic (exact) mass is 401 g/mol. The number of carbonyl (C=O) groups is 1. The lowest BCUT2D eigenvalue weighted by molar-refractivity contribution is 0.102. The fourth-order valence-corrected chi connectivity index (χ4v) is 3.43. The quantitative estimate of drug-likeness (QED) is 0.541. The topological polar surface area (TPSA) is 81.4 Å². The van der Waals surface area contributed by atoms with Crippen molar-refractivity contribution in [2.45, 2.75) is 27.2 Å². The van der Waals surface area contributed by atoms with Crippen LogP contribution in [0.2, 0.25) is 0 Å². The van der Waals surface area contributed by atoms with Crippen LogP contribution in [0.25, 0.3) is 16.8 Å². The number of benzene rings is 2. The van der Waals surface area contributed by atoms with E-state index in [1.54, 1.807) is 11.6 Å². The number of aryl methyl sites for hydroxylation is 3. The van der Waals surface area contributed by atoms with E-state index in [4.69, 9.17) is 4.74 Å². The van der Waals surface area contributed by atoms with E-state index < -0.39 is 0 Å². The van der Waals surface area contributed by atoms with Crippen LogP contribution in [0, 0.1) is 13.8 Å². The minimum Gasteiger partial charge on any atom is -0.497 e. The third kappa shape index (κ3) is 3.50. The molecule has 1 N–H and O–H groups in total. The van der Waals surface area contributed by atoms with Crippen LogP contribution in [0.1, 0.15) is 34.4 Å². The molecule has 0 aliphatic carbocycles. The molecule has 7 heteroatoms. The van der Waals surface area contributed by atoms with Gasteiger partial charge in [-0.2, -0.15) is 5.10 Å². The summed E-state index contributed by atoms with van der Waals surface area (Å²) in [5, 5.41) is 16.0. The normalized spacial score (nSPS) is 10.9. The van der Waals surface area contributed by atoms with E-state index in [2.05, 4.69) is 27.5 Å². The number of methoxy groups -OCH3 is 1. The van der Waals surface area contributed by atoms with Crippen molar-refractivity contribution in [3.05, 3.63) is 71.2 Å². The first-order valence-electron chi connectivity index (χ1n) is 9.79. The summed E-state index contributed by atoms with van der Waals surface area (Å²) >= 11 is 0. The van der Waals surface area contributed by atoms with Gasteiger partial charge >= 0.3 is 0 Å². The lowest BCUT2D eigenvalue weighted by Crippen LogP contribution is -2.18. The second-order valence-electron chi connectivity index (χ2n) is 7.06. The van der Waals surface area contributed by atoms with Crippen LogP contribution in [0.5, 0.6) is 5.75 Å². The number of anilines is 1. The van der Waals surface area contributed by atoms with Crippen molar-refractivity contribution in [2.75, 3.05) is 12.4 Å². The Morgan fingerprint density at radius 2 is 1.73 bits per heavy atom. The molecule has 0 radical (unpaired) electrons. The second kappa shape index (κ2) is 7.94. The minimum atomic E-state index is -0.315. The van der Waals surface area contributed by atoms with Gasteiger partial charge in [-0.1, -0.05) is 31.2 Å². The molecule has 0 atom stereocenters. The largest absolute Gasteiger partial charge is 0.497 e. The van der Waals surface area contributed by atoms with E-state index in [1.807, 2.05) is 62.4 Å². The fourth-order valence-electron chi connectivity index (χ4n) is 3.43. The number of ether oxygens (including phenoxy) is 1. The van der Waals surface area contributed by atoms with Crippen LogP contribution >= 0.6 is 0 Å². The molecule has 0 aliphatic heterocycles. The molecule has 4 aromatic rings. The van der Waals surface area contributed by atoms with Gasteiger partial charge in [0.15, 0.2) is 11.3 Å². The summed E-state index contributed by atoms with van der Waals surface area (Å²) in [7, 11) is 1.63. The van der Waals surface area contributed by atoms with E-state index >= 15 is 0 Å². The molecule has 4 rings (SSSR count). The molecule has 2 heterocycles. The Bertz CT molecular complexity index is 1210. The van der Waals surface area contributed by atoms with Crippen LogP contribution < -0.4 is 10.1 Å². The van der Waals surface area contributed by atoms with Gasteiger partial charge in [-0.25, -0.2) is 4.52 Å². The zero-order valence-electron chi connectivity index (χ0n) is 17.4. The number of aromatic nitrogens is 4. The van der Waals surface area contributed by atoms with Crippen LogP contribution in [0.15, 0.2) is 48.5 Å². The molecule has 0 saturated heterocycles. The Morgan fingerprint density at radius 3 is 2.37 bits per heavy atom. The lowest BCUT2D eigenvalue weighted by Gasteiger charge is -2.08. The van der Waals surface area contributed by atoms with E-state index in [0.29, 0.717) is 17.0 Å². The summed E-state index contributed by atoms with van der Waals surface area (Å²) in [5.74, 6) is 0.464. The number of carbonyl (C=O) groups excluding carboxylic acids is 1. The van der Waals surface area contributed by atoms with E-state index in [0.717, 1.165) is 29.0 Å². The van der Waals surface area contributed by atoms with Gasteiger partial charge in [-0.05, 0) is 55.7 Å². The van der Waals surface area contributed by atoms with Crippen molar-refractivity contribution in [3.63, 3.8) is 0 Å². The number of amides is 1. The van der Waals surface area contributed by atoms with Gasteiger partial charge in [0.05, 0.1) is 24.1 Å². The first kappa shape index (κ1) is 19.6. The van der Waals surface area contributed by atoms with Gasteiger partial charge < -0.3 is 10.1 Å². The van der Waals surface area contributed by atoms with Crippen molar-refractivity contribution in [3.8, 4) is 16.9 Å². The Morgan fingerprint density at radius 1 is 1.03 bits per heavy atom. The summed E-state index contributed by atoms with van der Waals surface area (Å²) in [5.41, 5.74) is 6.07. The molecule has 152 valence electrons. The van der Waals surface area contributed by atoms with Crippen molar-refractivity contribution >= 4 is 17.2 Å². The minimum absolute atomic E-state index is 0.242. The predicted molar refractivity (Wildman–Crippen MR) is 116 cm³/mol. The highest BCUT2D eigenvalue weighted by molar-refractivity contribution is 6.03. The Labute approximate surface area is 174 Å².